The molecule has 0 unspecified atom stereocenters. The monoisotopic (exact) mass is 234 g/mol. The van der Waals surface area contributed by atoms with Gasteiger partial charge in [0.25, 0.3) is 12.4 Å². The number of carboxylic acids is 1. The third-order valence-electron chi connectivity index (χ3n) is 0.314. The summed E-state index contributed by atoms with van der Waals surface area (Å²) in [5, 5.41) is 14.3. The van der Waals surface area contributed by atoms with Crippen LogP contribution in [0.25, 0.3) is 0 Å². The first-order valence-corrected chi connectivity index (χ1v) is 3.75. The highest BCUT2D eigenvalue weighted by Crippen LogP contribution is 1.52. The zero-order chi connectivity index (χ0) is 13.8. The van der Waals surface area contributed by atoms with Gasteiger partial charge in [0.15, 0.2) is 0 Å². The fraction of sp³-hybridized carbons (Fsp3) is 0.500. The van der Waals surface area contributed by atoms with Crippen LogP contribution in [0.4, 0.5) is 0 Å². The molecule has 0 saturated carbocycles. The molecule has 0 aliphatic heterocycles. The Morgan fingerprint density at radius 2 is 1.62 bits per heavy atom. The van der Waals surface area contributed by atoms with Crippen LogP contribution in [-0.2, 0) is 19.2 Å². The molecule has 0 bridgehead atoms. The molecule has 0 heterocycles. The first-order chi connectivity index (χ1) is 7.47. The van der Waals surface area contributed by atoms with Gasteiger partial charge in [-0.15, -0.1) is 0 Å². The summed E-state index contributed by atoms with van der Waals surface area (Å²) in [7, 11) is 1.38. The van der Waals surface area contributed by atoms with Crippen LogP contribution in [0.5, 0.6) is 0 Å². The average molecular weight is 234 g/mol. The van der Waals surface area contributed by atoms with Crippen LogP contribution in [0.15, 0.2) is 9.98 Å². The quantitative estimate of drug-likeness (QED) is 0.375. The van der Waals surface area contributed by atoms with Crippen LogP contribution in [0.3, 0.4) is 0 Å². The van der Waals surface area contributed by atoms with E-state index < -0.39 is 5.97 Å². The number of aliphatic imine (C=N–C) groups is 2. The van der Waals surface area contributed by atoms with Crippen molar-refractivity contribution in [3.05, 3.63) is 0 Å². The molecule has 8 nitrogen and oxygen atoms in total. The number of aliphatic carboxylic acids is 1. The SMILES string of the molecule is CC(=O)O.CCN=C=O.CN=C=O.O=CO. The number of hydrogen-bond acceptors (Lipinski definition) is 6. The van der Waals surface area contributed by atoms with Crippen LogP contribution in [0.1, 0.15) is 13.8 Å². The van der Waals surface area contributed by atoms with Gasteiger partial charge in [-0.3, -0.25) is 9.59 Å². The minimum absolute atomic E-state index is 0.250. The molecule has 92 valence electrons. The van der Waals surface area contributed by atoms with E-state index in [4.69, 9.17) is 29.4 Å². The molecular formula is C8H14N2O6. The van der Waals surface area contributed by atoms with Gasteiger partial charge in [-0.2, -0.15) is 0 Å². The van der Waals surface area contributed by atoms with Crippen molar-refractivity contribution in [1.29, 1.82) is 0 Å². The average Bonchev–Trinajstić information content (AvgIpc) is 2.20. The Balaban J connectivity index is -0.0000000610. The summed E-state index contributed by atoms with van der Waals surface area (Å²) in [4.78, 5) is 41.5. The molecule has 0 saturated heterocycles. The smallest absolute Gasteiger partial charge is 0.300 e. The Morgan fingerprint density at radius 1 is 1.38 bits per heavy atom. The van der Waals surface area contributed by atoms with E-state index in [9.17, 15) is 0 Å². The maximum absolute atomic E-state index is 9.11. The molecule has 0 aliphatic carbocycles. The highest BCUT2D eigenvalue weighted by Gasteiger charge is 1.65. The van der Waals surface area contributed by atoms with Gasteiger partial charge in [-0.25, -0.2) is 19.6 Å². The summed E-state index contributed by atoms with van der Waals surface area (Å²) in [5.41, 5.74) is 0. The summed E-state index contributed by atoms with van der Waals surface area (Å²) in [5.74, 6) is -0.833. The topological polar surface area (TPSA) is 133 Å². The minimum Gasteiger partial charge on any atom is -0.483 e. The molecule has 0 spiro atoms. The zero-order valence-electron chi connectivity index (χ0n) is 9.21. The standard InChI is InChI=1S/C3H5NO.C2H3NO.C2H4O2.CH2O2/c1-2-4-3-5;1-3-2-4;1-2(3)4;2-1-3/h2H2,1H3;1H3;1H3,(H,3,4);1H,(H,2,3). The summed E-state index contributed by atoms with van der Waals surface area (Å²) < 4.78 is 0. The molecular weight excluding hydrogens is 220 g/mol. The zero-order valence-corrected chi connectivity index (χ0v) is 9.21. The lowest BCUT2D eigenvalue weighted by atomic mass is 10.8. The Hall–Kier alpha value is -2.30. The third kappa shape index (κ3) is 2730. The second-order valence-electron chi connectivity index (χ2n) is 1.50. The van der Waals surface area contributed by atoms with Crippen LogP contribution in [-0.4, -0.2) is 48.4 Å². The highest BCUT2D eigenvalue weighted by molar-refractivity contribution is 5.62. The maximum atomic E-state index is 9.11. The van der Waals surface area contributed by atoms with E-state index in [0.29, 0.717) is 6.54 Å². The summed E-state index contributed by atoms with van der Waals surface area (Å²) in [6.07, 6.45) is 2.70. The van der Waals surface area contributed by atoms with E-state index in [1.807, 2.05) is 0 Å². The van der Waals surface area contributed by atoms with Crippen LogP contribution in [0, 0.1) is 0 Å². The lowest BCUT2D eigenvalue weighted by molar-refractivity contribution is -0.134. The van der Waals surface area contributed by atoms with Crippen molar-refractivity contribution in [2.75, 3.05) is 13.6 Å². The van der Waals surface area contributed by atoms with Crippen LogP contribution in [0.2, 0.25) is 0 Å². The fourth-order valence-electron chi connectivity index (χ4n) is 0.0645. The van der Waals surface area contributed by atoms with Crippen LogP contribution < -0.4 is 0 Å². The predicted molar refractivity (Wildman–Crippen MR) is 54.7 cm³/mol. The van der Waals surface area contributed by atoms with Crippen molar-refractivity contribution in [3.8, 4) is 0 Å². The van der Waals surface area contributed by atoms with E-state index in [1.165, 1.54) is 19.2 Å². The molecule has 16 heavy (non-hydrogen) atoms. The summed E-state index contributed by atoms with van der Waals surface area (Å²) >= 11 is 0. The van der Waals surface area contributed by atoms with Crippen molar-refractivity contribution in [3.63, 3.8) is 0 Å². The summed E-state index contributed by atoms with van der Waals surface area (Å²) in [6.45, 7) is 3.16. The van der Waals surface area contributed by atoms with Crippen molar-refractivity contribution < 1.29 is 29.4 Å². The molecule has 0 rings (SSSR count). The summed E-state index contributed by atoms with van der Waals surface area (Å²) in [6, 6.07) is 0. The Bertz CT molecular complexity index is 237. The second-order valence-corrected chi connectivity index (χ2v) is 1.50. The van der Waals surface area contributed by atoms with Crippen molar-refractivity contribution >= 4 is 24.6 Å². The molecule has 0 radical (unpaired) electrons. The molecule has 0 aromatic heterocycles. The van der Waals surface area contributed by atoms with E-state index in [2.05, 4.69) is 9.98 Å². The van der Waals surface area contributed by atoms with E-state index >= 15 is 0 Å². The van der Waals surface area contributed by atoms with Gasteiger partial charge in [0.1, 0.15) is 0 Å². The molecule has 0 amide bonds. The van der Waals surface area contributed by atoms with Gasteiger partial charge >= 0.3 is 0 Å². The first kappa shape index (κ1) is 23.5. The molecule has 2 N–H and O–H groups in total. The van der Waals surface area contributed by atoms with Gasteiger partial charge < -0.3 is 10.2 Å². The number of rotatable bonds is 1. The number of carbonyl (C=O) groups is 2. The lowest BCUT2D eigenvalue weighted by Gasteiger charge is -1.59. The molecule has 0 fully saturated rings. The second kappa shape index (κ2) is 38.7. The Morgan fingerprint density at radius 3 is 1.62 bits per heavy atom. The van der Waals surface area contributed by atoms with Crippen LogP contribution >= 0.6 is 0 Å². The molecule has 0 atom stereocenters. The largest absolute Gasteiger partial charge is 0.483 e. The number of nitrogens with zero attached hydrogens (tertiary/aromatic N) is 2. The van der Waals surface area contributed by atoms with Gasteiger partial charge in [-0.1, -0.05) is 0 Å². The van der Waals surface area contributed by atoms with Crippen molar-refractivity contribution in [2.45, 2.75) is 13.8 Å². The van der Waals surface area contributed by atoms with Gasteiger partial charge in [0, 0.05) is 20.5 Å². The lowest BCUT2D eigenvalue weighted by Crippen LogP contribution is -1.78. The maximum Gasteiger partial charge on any atom is 0.300 e. The molecule has 8 heteroatoms. The first-order valence-electron chi connectivity index (χ1n) is 3.75. The van der Waals surface area contributed by atoms with Gasteiger partial charge in [0.2, 0.25) is 12.2 Å². The van der Waals surface area contributed by atoms with Crippen molar-refractivity contribution in [1.82, 2.24) is 0 Å². The Labute approximate surface area is 92.3 Å². The third-order valence-corrected chi connectivity index (χ3v) is 0.314. The molecule has 0 aromatic rings. The normalized spacial score (nSPS) is 5.19. The van der Waals surface area contributed by atoms with Gasteiger partial charge in [0.05, 0.1) is 0 Å². The number of hydrogen-bond donors (Lipinski definition) is 2. The molecule has 0 aromatic carbocycles. The minimum atomic E-state index is -0.833. The highest BCUT2D eigenvalue weighted by atomic mass is 16.4. The van der Waals surface area contributed by atoms with Crippen molar-refractivity contribution in [2.24, 2.45) is 9.98 Å². The number of carboxylic acid groups (broad SMARTS) is 2. The number of carbonyl (C=O) groups excluding carboxylic acids is 2. The predicted octanol–water partition coefficient (Wildman–Crippen LogP) is 0.0858. The van der Waals surface area contributed by atoms with Gasteiger partial charge in [-0.05, 0) is 6.92 Å². The Kier molecular flexibility index (Phi) is 56.8. The molecule has 0 aliphatic rings. The number of isocyanates is 2. The van der Waals surface area contributed by atoms with E-state index in [-0.39, 0.29) is 6.47 Å². The van der Waals surface area contributed by atoms with E-state index in [0.717, 1.165) is 6.92 Å². The van der Waals surface area contributed by atoms with E-state index in [1.54, 1.807) is 6.92 Å². The fourth-order valence-corrected chi connectivity index (χ4v) is 0.0645.